The van der Waals surface area contributed by atoms with Crippen molar-refractivity contribution >= 4 is 21.6 Å². The molecule has 1 aromatic carbocycles. The largest absolute Gasteiger partial charge is 0.383 e. The van der Waals surface area contributed by atoms with Crippen LogP contribution >= 0.6 is 15.9 Å². The summed E-state index contributed by atoms with van der Waals surface area (Å²) in [4.78, 5) is 0. The molecular weight excluding hydrogens is 280 g/mol. The van der Waals surface area contributed by atoms with E-state index >= 15 is 0 Å². The Morgan fingerprint density at radius 1 is 1.47 bits per heavy atom. The summed E-state index contributed by atoms with van der Waals surface area (Å²) in [5, 5.41) is 12.1. The molecule has 90 valence electrons. The molecule has 1 fully saturated rings. The average Bonchev–Trinajstić information content (AvgIpc) is 3.13. The van der Waals surface area contributed by atoms with Crippen LogP contribution in [0, 0.1) is 17.2 Å². The number of anilines is 1. The van der Waals surface area contributed by atoms with Crippen molar-refractivity contribution in [2.24, 2.45) is 5.92 Å². The summed E-state index contributed by atoms with van der Waals surface area (Å²) >= 11 is 3.36. The number of hydrogen-bond donors (Lipinski definition) is 1. The lowest BCUT2D eigenvalue weighted by molar-refractivity contribution is 0.134. The normalized spacial score (nSPS) is 14.4. The molecule has 3 nitrogen and oxygen atoms in total. The number of ether oxygens (including phenoxy) is 1. The predicted octanol–water partition coefficient (Wildman–Crippen LogP) is 3.16. The molecule has 0 saturated heterocycles. The average molecular weight is 295 g/mol. The van der Waals surface area contributed by atoms with E-state index in [0.717, 1.165) is 35.8 Å². The first-order chi connectivity index (χ1) is 8.29. The highest BCUT2D eigenvalue weighted by molar-refractivity contribution is 9.10. The molecule has 0 aliphatic heterocycles. The van der Waals surface area contributed by atoms with E-state index in [0.29, 0.717) is 5.56 Å². The van der Waals surface area contributed by atoms with E-state index in [1.807, 2.05) is 12.1 Å². The van der Waals surface area contributed by atoms with Crippen LogP contribution in [0.2, 0.25) is 0 Å². The fourth-order valence-corrected chi connectivity index (χ4v) is 1.99. The quantitative estimate of drug-likeness (QED) is 0.820. The van der Waals surface area contributed by atoms with E-state index in [2.05, 4.69) is 27.3 Å². The lowest BCUT2D eigenvalue weighted by Gasteiger charge is -2.07. The van der Waals surface area contributed by atoms with E-state index in [4.69, 9.17) is 10.00 Å². The van der Waals surface area contributed by atoms with Crippen molar-refractivity contribution < 1.29 is 4.74 Å². The number of hydrogen-bond acceptors (Lipinski definition) is 3. The zero-order valence-electron chi connectivity index (χ0n) is 9.58. The maximum Gasteiger partial charge on any atom is 0.100 e. The summed E-state index contributed by atoms with van der Waals surface area (Å²) in [5.41, 5.74) is 1.66. The van der Waals surface area contributed by atoms with Gasteiger partial charge in [0.1, 0.15) is 6.07 Å². The Balaban J connectivity index is 1.70. The van der Waals surface area contributed by atoms with Crippen molar-refractivity contribution in [3.8, 4) is 6.07 Å². The summed E-state index contributed by atoms with van der Waals surface area (Å²) in [5.74, 6) is 0.819. The minimum atomic E-state index is 0.653. The van der Waals surface area contributed by atoms with E-state index in [1.54, 1.807) is 6.07 Å². The Kier molecular flexibility index (Phi) is 4.41. The van der Waals surface area contributed by atoms with Gasteiger partial charge in [0.2, 0.25) is 0 Å². The van der Waals surface area contributed by atoms with Crippen molar-refractivity contribution in [1.29, 1.82) is 5.26 Å². The maximum atomic E-state index is 8.79. The van der Waals surface area contributed by atoms with Gasteiger partial charge in [0.25, 0.3) is 0 Å². The molecule has 17 heavy (non-hydrogen) atoms. The monoisotopic (exact) mass is 294 g/mol. The Bertz CT molecular complexity index is 424. The van der Waals surface area contributed by atoms with E-state index in [-0.39, 0.29) is 0 Å². The first kappa shape index (κ1) is 12.4. The third-order valence-electron chi connectivity index (χ3n) is 2.72. The van der Waals surface area contributed by atoms with Crippen molar-refractivity contribution in [2.45, 2.75) is 12.8 Å². The third-order valence-corrected chi connectivity index (χ3v) is 3.37. The summed E-state index contributed by atoms with van der Waals surface area (Å²) in [6, 6.07) is 7.75. The van der Waals surface area contributed by atoms with Gasteiger partial charge in [-0.3, -0.25) is 0 Å². The number of nitriles is 1. The molecule has 1 aliphatic rings. The fourth-order valence-electron chi connectivity index (χ4n) is 1.52. The van der Waals surface area contributed by atoms with Crippen LogP contribution < -0.4 is 5.32 Å². The molecular formula is C13H15BrN2O. The zero-order chi connectivity index (χ0) is 12.1. The highest BCUT2D eigenvalue weighted by Crippen LogP contribution is 2.28. The molecule has 1 N–H and O–H groups in total. The summed E-state index contributed by atoms with van der Waals surface area (Å²) < 4.78 is 6.35. The zero-order valence-corrected chi connectivity index (χ0v) is 11.2. The first-order valence-electron chi connectivity index (χ1n) is 5.81. The number of halogens is 1. The van der Waals surface area contributed by atoms with E-state index in [9.17, 15) is 0 Å². The molecule has 1 aromatic rings. The van der Waals surface area contributed by atoms with Crippen LogP contribution in [0.25, 0.3) is 0 Å². The summed E-state index contributed by atoms with van der Waals surface area (Å²) in [6.07, 6.45) is 2.66. The van der Waals surface area contributed by atoms with Crippen LogP contribution in [0.1, 0.15) is 18.4 Å². The second kappa shape index (κ2) is 6.04. The maximum absolute atomic E-state index is 8.79. The van der Waals surface area contributed by atoms with Gasteiger partial charge in [0.15, 0.2) is 0 Å². The van der Waals surface area contributed by atoms with E-state index in [1.165, 1.54) is 12.8 Å². The van der Waals surface area contributed by atoms with Gasteiger partial charge in [-0.05, 0) is 52.9 Å². The van der Waals surface area contributed by atoms with Gasteiger partial charge >= 0.3 is 0 Å². The number of nitrogens with one attached hydrogen (secondary N) is 1. The molecule has 0 radical (unpaired) electrons. The van der Waals surface area contributed by atoms with Crippen LogP contribution in [0.15, 0.2) is 22.7 Å². The highest BCUT2D eigenvalue weighted by atomic mass is 79.9. The van der Waals surface area contributed by atoms with Crippen molar-refractivity contribution in [2.75, 3.05) is 25.1 Å². The van der Waals surface area contributed by atoms with Gasteiger partial charge in [0, 0.05) is 23.3 Å². The third kappa shape index (κ3) is 4.03. The topological polar surface area (TPSA) is 45.0 Å². The number of rotatable bonds is 6. The molecule has 0 aromatic heterocycles. The van der Waals surface area contributed by atoms with Crippen LogP contribution in [-0.2, 0) is 4.74 Å². The van der Waals surface area contributed by atoms with Gasteiger partial charge < -0.3 is 10.1 Å². The summed E-state index contributed by atoms with van der Waals surface area (Å²) in [7, 11) is 0. The number of nitrogens with zero attached hydrogens (tertiary/aromatic N) is 1. The SMILES string of the molecule is N#Cc1ccc(NCCOCC2CC2)cc1Br. The number of benzene rings is 1. The smallest absolute Gasteiger partial charge is 0.100 e. The van der Waals surface area contributed by atoms with Crippen LogP contribution in [0.5, 0.6) is 0 Å². The van der Waals surface area contributed by atoms with Gasteiger partial charge in [-0.25, -0.2) is 0 Å². The van der Waals surface area contributed by atoms with Gasteiger partial charge in [-0.15, -0.1) is 0 Å². The molecule has 1 saturated carbocycles. The van der Waals surface area contributed by atoms with Crippen molar-refractivity contribution in [3.63, 3.8) is 0 Å². The molecule has 2 rings (SSSR count). The molecule has 0 bridgehead atoms. The highest BCUT2D eigenvalue weighted by Gasteiger charge is 2.20. The minimum absolute atomic E-state index is 0.653. The Morgan fingerprint density at radius 3 is 2.94 bits per heavy atom. The first-order valence-corrected chi connectivity index (χ1v) is 6.60. The fraction of sp³-hybridized carbons (Fsp3) is 0.462. The van der Waals surface area contributed by atoms with Crippen LogP contribution in [0.3, 0.4) is 0 Å². The standard InChI is InChI=1S/C13H15BrN2O/c14-13-7-12(4-3-11(13)8-15)16-5-6-17-9-10-1-2-10/h3-4,7,10,16H,1-2,5-6,9H2. The molecule has 0 amide bonds. The van der Waals surface area contributed by atoms with Gasteiger partial charge in [-0.1, -0.05) is 0 Å². The minimum Gasteiger partial charge on any atom is -0.383 e. The Morgan fingerprint density at radius 2 is 2.29 bits per heavy atom. The molecule has 0 spiro atoms. The molecule has 1 aliphatic carbocycles. The van der Waals surface area contributed by atoms with Crippen molar-refractivity contribution in [1.82, 2.24) is 0 Å². The molecule has 0 heterocycles. The second-order valence-electron chi connectivity index (χ2n) is 4.25. The predicted molar refractivity (Wildman–Crippen MR) is 70.9 cm³/mol. The molecule has 0 atom stereocenters. The molecule has 0 unspecified atom stereocenters. The van der Waals surface area contributed by atoms with Gasteiger partial charge in [0.05, 0.1) is 12.2 Å². The Labute approximate surface area is 110 Å². The van der Waals surface area contributed by atoms with E-state index < -0.39 is 0 Å². The van der Waals surface area contributed by atoms with Crippen molar-refractivity contribution in [3.05, 3.63) is 28.2 Å². The lowest BCUT2D eigenvalue weighted by atomic mass is 10.2. The second-order valence-corrected chi connectivity index (χ2v) is 5.11. The van der Waals surface area contributed by atoms with Crippen LogP contribution in [0.4, 0.5) is 5.69 Å². The van der Waals surface area contributed by atoms with Crippen LogP contribution in [-0.4, -0.2) is 19.8 Å². The molecule has 4 heteroatoms. The lowest BCUT2D eigenvalue weighted by Crippen LogP contribution is -2.10. The Hall–Kier alpha value is -1.05. The summed E-state index contributed by atoms with van der Waals surface area (Å²) in [6.45, 7) is 2.43. The van der Waals surface area contributed by atoms with Gasteiger partial charge in [-0.2, -0.15) is 5.26 Å².